The molecule has 3 fully saturated rings. The number of aliphatic hydroxyl groups excluding tert-OH is 1. The highest BCUT2D eigenvalue weighted by molar-refractivity contribution is 6.43. The molecule has 2 aromatic rings. The van der Waals surface area contributed by atoms with Crippen molar-refractivity contribution in [1.82, 2.24) is 9.80 Å². The first kappa shape index (κ1) is 31.7. The number of fused-ring (bicyclic) bond motifs is 3. The Morgan fingerprint density at radius 3 is 2.40 bits per heavy atom. The topological polar surface area (TPSA) is 111 Å². The summed E-state index contributed by atoms with van der Waals surface area (Å²) in [5.41, 5.74) is 6.74. The molecule has 0 saturated carbocycles. The Morgan fingerprint density at radius 2 is 1.73 bits per heavy atom. The van der Waals surface area contributed by atoms with Crippen LogP contribution in [0.4, 0.5) is 0 Å². The maximum atomic E-state index is 14.1. The normalized spacial score (nSPS) is 26.5. The number of hydrogen-bond acceptors (Lipinski definition) is 7. The zero-order chi connectivity index (χ0) is 31.8. The SMILES string of the molecule is C/C(=C\c1cc(C)c(O)c(C)c1)CC[C@H]1OB(O)C[C@H]2C1=C(CO)C[C@H]1C(=O)N(C3CCN(Cc4ccccc4)CC3)C(=O)[C@H]12. The van der Waals surface area contributed by atoms with Crippen LogP contribution in [0.2, 0.25) is 6.32 Å². The zero-order valence-corrected chi connectivity index (χ0v) is 26.6. The van der Waals surface area contributed by atoms with E-state index in [9.17, 15) is 24.8 Å². The molecule has 0 unspecified atom stereocenters. The van der Waals surface area contributed by atoms with Crippen molar-refractivity contribution < 1.29 is 29.5 Å². The van der Waals surface area contributed by atoms with Crippen LogP contribution in [0.3, 0.4) is 0 Å². The van der Waals surface area contributed by atoms with Gasteiger partial charge in [0.15, 0.2) is 0 Å². The molecule has 8 nitrogen and oxygen atoms in total. The summed E-state index contributed by atoms with van der Waals surface area (Å²) in [5, 5.41) is 31.5. The fourth-order valence-corrected chi connectivity index (χ4v) is 8.26. The summed E-state index contributed by atoms with van der Waals surface area (Å²) in [5.74, 6) is -1.27. The molecular weight excluding hydrogens is 567 g/mol. The fraction of sp³-hybridized carbons (Fsp3) is 0.500. The van der Waals surface area contributed by atoms with Crippen molar-refractivity contribution in [3.63, 3.8) is 0 Å². The largest absolute Gasteiger partial charge is 0.507 e. The zero-order valence-electron chi connectivity index (χ0n) is 26.6. The Labute approximate surface area is 266 Å². The third-order valence-corrected chi connectivity index (χ3v) is 10.4. The minimum Gasteiger partial charge on any atom is -0.507 e. The average Bonchev–Trinajstić information content (AvgIpc) is 3.28. The molecule has 3 aliphatic heterocycles. The van der Waals surface area contributed by atoms with Crippen LogP contribution in [0.1, 0.15) is 61.3 Å². The number of allylic oxidation sites excluding steroid dienone is 1. The highest BCUT2D eigenvalue weighted by Crippen LogP contribution is 2.51. The van der Waals surface area contributed by atoms with Crippen molar-refractivity contribution >= 4 is 25.0 Å². The van der Waals surface area contributed by atoms with E-state index in [2.05, 4.69) is 30.0 Å². The first-order valence-corrected chi connectivity index (χ1v) is 16.4. The van der Waals surface area contributed by atoms with Crippen LogP contribution in [0.5, 0.6) is 5.75 Å². The second-order valence-electron chi connectivity index (χ2n) is 13.5. The summed E-state index contributed by atoms with van der Waals surface area (Å²) in [6.07, 6.45) is 5.05. The maximum absolute atomic E-state index is 14.1. The number of likely N-dealkylation sites (tertiary alicyclic amines) is 2. The average molecular weight is 613 g/mol. The molecule has 2 aromatic carbocycles. The fourth-order valence-electron chi connectivity index (χ4n) is 8.26. The van der Waals surface area contributed by atoms with Gasteiger partial charge in [-0.15, -0.1) is 0 Å². The number of phenols is 1. The molecule has 1 aliphatic carbocycles. The van der Waals surface area contributed by atoms with Crippen LogP contribution in [-0.4, -0.2) is 75.8 Å². The smallest absolute Gasteiger partial charge is 0.455 e. The van der Waals surface area contributed by atoms with E-state index in [1.807, 2.05) is 44.2 Å². The van der Waals surface area contributed by atoms with Gasteiger partial charge in [0.1, 0.15) is 5.75 Å². The number of benzene rings is 2. The van der Waals surface area contributed by atoms with E-state index in [1.165, 1.54) is 5.56 Å². The Kier molecular flexibility index (Phi) is 9.34. The maximum Gasteiger partial charge on any atom is 0.455 e. The minimum absolute atomic E-state index is 0.118. The number of carbonyl (C=O) groups excluding carboxylic acids is 2. The summed E-state index contributed by atoms with van der Waals surface area (Å²) < 4.78 is 6.07. The monoisotopic (exact) mass is 612 g/mol. The van der Waals surface area contributed by atoms with Crippen LogP contribution in [0, 0.1) is 31.6 Å². The molecule has 45 heavy (non-hydrogen) atoms. The molecule has 0 radical (unpaired) electrons. The van der Waals surface area contributed by atoms with Crippen molar-refractivity contribution in [1.29, 1.82) is 0 Å². The highest BCUT2D eigenvalue weighted by atomic mass is 16.5. The van der Waals surface area contributed by atoms with Gasteiger partial charge < -0.3 is 19.9 Å². The molecule has 3 heterocycles. The number of imide groups is 1. The molecule has 4 atom stereocenters. The molecule has 6 rings (SSSR count). The standard InChI is InChI=1S/C36H45BN2O6/c1-22(15-26-16-23(2)34(41)24(3)17-26)9-10-31-32-27(21-40)18-29-33(30(32)19-37(44)45-31)36(43)39(35(29)42)28-11-13-38(14-12-28)20-25-7-5-4-6-8-25/h4-8,15-17,28-31,33,40-41,44H,9-14,18-21H2,1-3H3/b22-15+/t29-,30+,31-,33-/m1/s1. The summed E-state index contributed by atoms with van der Waals surface area (Å²) >= 11 is 0. The van der Waals surface area contributed by atoms with E-state index in [0.29, 0.717) is 25.0 Å². The number of aryl methyl sites for hydroxylation is 2. The number of aromatic hydroxyl groups is 1. The van der Waals surface area contributed by atoms with E-state index >= 15 is 0 Å². The number of carbonyl (C=O) groups is 2. The van der Waals surface area contributed by atoms with Gasteiger partial charge in [0, 0.05) is 25.7 Å². The predicted molar refractivity (Wildman–Crippen MR) is 174 cm³/mol. The minimum atomic E-state index is -1.03. The van der Waals surface area contributed by atoms with Gasteiger partial charge in [-0.05, 0) is 111 Å². The Balaban J connectivity index is 1.16. The van der Waals surface area contributed by atoms with Crippen molar-refractivity contribution in [2.45, 2.75) is 77.9 Å². The van der Waals surface area contributed by atoms with E-state index in [4.69, 9.17) is 4.65 Å². The van der Waals surface area contributed by atoms with Gasteiger partial charge in [0.05, 0.1) is 24.5 Å². The van der Waals surface area contributed by atoms with E-state index < -0.39 is 25.1 Å². The van der Waals surface area contributed by atoms with Gasteiger partial charge in [-0.1, -0.05) is 42.0 Å². The van der Waals surface area contributed by atoms with Crippen LogP contribution in [0.15, 0.2) is 59.2 Å². The molecule has 0 aromatic heterocycles. The number of rotatable bonds is 8. The number of piperidine rings is 1. The first-order valence-electron chi connectivity index (χ1n) is 16.4. The second kappa shape index (κ2) is 13.2. The Hall–Kier alpha value is -3.24. The molecule has 0 bridgehead atoms. The molecule has 4 aliphatic rings. The van der Waals surface area contributed by atoms with E-state index in [-0.39, 0.29) is 36.7 Å². The molecule has 0 spiro atoms. The number of aliphatic hydroxyl groups is 1. The molecule has 9 heteroatoms. The van der Waals surface area contributed by atoms with Gasteiger partial charge in [0.25, 0.3) is 0 Å². The Morgan fingerprint density at radius 1 is 1.04 bits per heavy atom. The molecule has 3 saturated heterocycles. The van der Waals surface area contributed by atoms with Gasteiger partial charge in [-0.2, -0.15) is 0 Å². The van der Waals surface area contributed by atoms with Gasteiger partial charge >= 0.3 is 7.12 Å². The van der Waals surface area contributed by atoms with Crippen molar-refractivity contribution in [2.75, 3.05) is 19.7 Å². The summed E-state index contributed by atoms with van der Waals surface area (Å²) in [4.78, 5) is 31.9. The highest BCUT2D eigenvalue weighted by Gasteiger charge is 2.58. The van der Waals surface area contributed by atoms with E-state index in [0.717, 1.165) is 65.9 Å². The van der Waals surface area contributed by atoms with Crippen molar-refractivity contribution in [3.05, 3.63) is 81.4 Å². The van der Waals surface area contributed by atoms with Crippen molar-refractivity contribution in [2.24, 2.45) is 17.8 Å². The number of phenolic OH excluding ortho intramolecular Hbond substituents is 1. The van der Waals surface area contributed by atoms with Crippen LogP contribution >= 0.6 is 0 Å². The van der Waals surface area contributed by atoms with Crippen LogP contribution in [-0.2, 0) is 20.8 Å². The summed E-state index contributed by atoms with van der Waals surface area (Å²) in [7, 11) is -1.03. The third-order valence-electron chi connectivity index (χ3n) is 10.4. The predicted octanol–water partition coefficient (Wildman–Crippen LogP) is 4.65. The first-order chi connectivity index (χ1) is 21.6. The van der Waals surface area contributed by atoms with Gasteiger partial charge in [0.2, 0.25) is 11.8 Å². The molecule has 238 valence electrons. The van der Waals surface area contributed by atoms with Gasteiger partial charge in [-0.25, -0.2) is 0 Å². The van der Waals surface area contributed by atoms with E-state index in [1.54, 1.807) is 4.90 Å². The van der Waals surface area contributed by atoms with Gasteiger partial charge in [-0.3, -0.25) is 19.4 Å². The Bertz CT molecular complexity index is 1480. The molecule has 3 N–H and O–H groups in total. The summed E-state index contributed by atoms with van der Waals surface area (Å²) in [6.45, 7) is 8.14. The lowest BCUT2D eigenvalue weighted by molar-refractivity contribution is -0.144. The number of nitrogens with zero attached hydrogens (tertiary/aromatic N) is 2. The lowest BCUT2D eigenvalue weighted by Crippen LogP contribution is -2.48. The lowest BCUT2D eigenvalue weighted by atomic mass is 9.58. The summed E-state index contributed by atoms with van der Waals surface area (Å²) in [6, 6.07) is 14.1. The third kappa shape index (κ3) is 6.41. The number of amides is 2. The molecule has 2 amide bonds. The number of hydrogen-bond donors (Lipinski definition) is 3. The quantitative estimate of drug-likeness (QED) is 0.226. The van der Waals surface area contributed by atoms with Crippen LogP contribution < -0.4 is 0 Å². The lowest BCUT2D eigenvalue weighted by Gasteiger charge is -2.43. The molecular formula is C36H45BN2O6. The van der Waals surface area contributed by atoms with Crippen LogP contribution in [0.25, 0.3) is 6.08 Å². The second-order valence-corrected chi connectivity index (χ2v) is 13.5. The van der Waals surface area contributed by atoms with Crippen molar-refractivity contribution in [3.8, 4) is 5.75 Å².